The fourth-order valence-corrected chi connectivity index (χ4v) is 4.10. The molecule has 1 aromatic heterocycles. The molecule has 0 radical (unpaired) electrons. The number of carbonyl (C=O) groups is 1. The van der Waals surface area contributed by atoms with Crippen molar-refractivity contribution >= 4 is 29.7 Å². The number of alkyl halides is 3. The van der Waals surface area contributed by atoms with Gasteiger partial charge in [-0.15, -0.1) is 23.7 Å². The van der Waals surface area contributed by atoms with E-state index in [-0.39, 0.29) is 24.2 Å². The minimum Gasteiger partial charge on any atom is -0.340 e. The zero-order valence-corrected chi connectivity index (χ0v) is 15.4. The highest BCUT2D eigenvalue weighted by Crippen LogP contribution is 2.33. The molecule has 142 valence electrons. The first kappa shape index (κ1) is 20.4. The van der Waals surface area contributed by atoms with Gasteiger partial charge in [-0.3, -0.25) is 9.69 Å². The molecule has 2 aliphatic heterocycles. The molecular formula is C15H22ClF3N4OS. The number of likely N-dealkylation sites (tertiary alicyclic amines) is 1. The molecule has 2 saturated heterocycles. The average Bonchev–Trinajstić information content (AvgIpc) is 3.04. The minimum atomic E-state index is -4.38. The molecule has 1 aromatic rings. The lowest BCUT2D eigenvalue weighted by atomic mass is 9.96. The van der Waals surface area contributed by atoms with E-state index in [0.717, 1.165) is 45.6 Å². The number of aromatic nitrogens is 1. The van der Waals surface area contributed by atoms with Crippen molar-refractivity contribution in [2.24, 2.45) is 5.92 Å². The molecular weight excluding hydrogens is 377 g/mol. The Kier molecular flexibility index (Phi) is 7.07. The summed E-state index contributed by atoms with van der Waals surface area (Å²) >= 11 is 0.690. The third kappa shape index (κ3) is 5.29. The summed E-state index contributed by atoms with van der Waals surface area (Å²) in [7, 11) is 0. The number of amides is 1. The summed E-state index contributed by atoms with van der Waals surface area (Å²) in [6.45, 7) is 4.97. The number of thiazole rings is 1. The molecule has 5 nitrogen and oxygen atoms in total. The summed E-state index contributed by atoms with van der Waals surface area (Å²) in [6.07, 6.45) is -1.33. The summed E-state index contributed by atoms with van der Waals surface area (Å²) in [5, 5.41) is 2.42. The predicted molar refractivity (Wildman–Crippen MR) is 91.8 cm³/mol. The average molecular weight is 399 g/mol. The van der Waals surface area contributed by atoms with E-state index in [1.165, 1.54) is 6.20 Å². The van der Waals surface area contributed by atoms with Crippen molar-refractivity contribution in [2.75, 3.05) is 39.3 Å². The Balaban J connectivity index is 0.00000225. The zero-order valence-electron chi connectivity index (χ0n) is 13.7. The number of hydrogen-bond acceptors (Lipinski definition) is 5. The van der Waals surface area contributed by atoms with E-state index in [1.807, 2.05) is 4.90 Å². The summed E-state index contributed by atoms with van der Waals surface area (Å²) in [4.78, 5) is 20.6. The van der Waals surface area contributed by atoms with Crippen molar-refractivity contribution in [3.63, 3.8) is 0 Å². The Labute approximate surface area is 155 Å². The van der Waals surface area contributed by atoms with Crippen molar-refractivity contribution in [3.8, 4) is 0 Å². The highest BCUT2D eigenvalue weighted by atomic mass is 35.5. The van der Waals surface area contributed by atoms with Crippen LogP contribution in [0.3, 0.4) is 0 Å². The minimum absolute atomic E-state index is 0. The van der Waals surface area contributed by atoms with E-state index in [2.05, 4.69) is 15.2 Å². The van der Waals surface area contributed by atoms with E-state index in [9.17, 15) is 18.0 Å². The molecule has 3 rings (SSSR count). The molecule has 1 N–H and O–H groups in total. The van der Waals surface area contributed by atoms with Crippen LogP contribution in [0.15, 0.2) is 6.20 Å². The maximum atomic E-state index is 12.6. The normalized spacial score (nSPS) is 22.5. The number of piperidine rings is 1. The van der Waals surface area contributed by atoms with Gasteiger partial charge in [0, 0.05) is 50.3 Å². The molecule has 0 aromatic carbocycles. The quantitative estimate of drug-likeness (QED) is 0.848. The van der Waals surface area contributed by atoms with Crippen molar-refractivity contribution < 1.29 is 18.0 Å². The Morgan fingerprint density at radius 2 is 2.04 bits per heavy atom. The number of carbonyl (C=O) groups excluding carboxylic acids is 1. The van der Waals surface area contributed by atoms with Crippen molar-refractivity contribution in [3.05, 3.63) is 16.1 Å². The zero-order chi connectivity index (χ0) is 17.2. The van der Waals surface area contributed by atoms with Crippen LogP contribution in [0.4, 0.5) is 13.2 Å². The monoisotopic (exact) mass is 398 g/mol. The SMILES string of the molecule is Cl.O=C(C1CCCN(Cc2cnc(C(F)(F)F)s2)C1)N1CCNCC1. The van der Waals surface area contributed by atoms with E-state index in [1.54, 1.807) is 0 Å². The van der Waals surface area contributed by atoms with Gasteiger partial charge in [0.1, 0.15) is 0 Å². The number of rotatable bonds is 3. The number of halogens is 4. The van der Waals surface area contributed by atoms with Crippen LogP contribution in [0.25, 0.3) is 0 Å². The molecule has 10 heteroatoms. The molecule has 25 heavy (non-hydrogen) atoms. The first-order valence-electron chi connectivity index (χ1n) is 8.17. The Morgan fingerprint density at radius 1 is 1.32 bits per heavy atom. The lowest BCUT2D eigenvalue weighted by molar-refractivity contribution is -0.138. The van der Waals surface area contributed by atoms with Gasteiger partial charge in [0.15, 0.2) is 5.01 Å². The van der Waals surface area contributed by atoms with Gasteiger partial charge >= 0.3 is 6.18 Å². The van der Waals surface area contributed by atoms with Gasteiger partial charge in [0.05, 0.1) is 5.92 Å². The van der Waals surface area contributed by atoms with Gasteiger partial charge in [0.25, 0.3) is 0 Å². The van der Waals surface area contributed by atoms with Crippen LogP contribution in [-0.4, -0.2) is 60.0 Å². The largest absolute Gasteiger partial charge is 0.443 e. The first-order chi connectivity index (χ1) is 11.4. The highest BCUT2D eigenvalue weighted by molar-refractivity contribution is 7.11. The fraction of sp³-hybridized carbons (Fsp3) is 0.733. The summed E-state index contributed by atoms with van der Waals surface area (Å²) in [6, 6.07) is 0. The molecule has 0 saturated carbocycles. The molecule has 2 fully saturated rings. The lowest BCUT2D eigenvalue weighted by Gasteiger charge is -2.36. The van der Waals surface area contributed by atoms with E-state index >= 15 is 0 Å². The van der Waals surface area contributed by atoms with Gasteiger partial charge < -0.3 is 10.2 Å². The number of piperazine rings is 1. The van der Waals surface area contributed by atoms with Crippen LogP contribution in [-0.2, 0) is 17.5 Å². The molecule has 1 atom stereocenters. The predicted octanol–water partition coefficient (Wildman–Crippen LogP) is 2.23. The third-order valence-electron chi connectivity index (χ3n) is 4.46. The van der Waals surface area contributed by atoms with Crippen molar-refractivity contribution in [1.82, 2.24) is 20.1 Å². The van der Waals surface area contributed by atoms with Crippen LogP contribution >= 0.6 is 23.7 Å². The Hall–Kier alpha value is -0.900. The fourth-order valence-electron chi connectivity index (χ4n) is 3.28. The number of nitrogens with zero attached hydrogens (tertiary/aromatic N) is 3. The summed E-state index contributed by atoms with van der Waals surface area (Å²) in [5.41, 5.74) is 0. The molecule has 3 heterocycles. The van der Waals surface area contributed by atoms with E-state index < -0.39 is 11.2 Å². The topological polar surface area (TPSA) is 48.5 Å². The lowest BCUT2D eigenvalue weighted by Crippen LogP contribution is -2.51. The second-order valence-corrected chi connectivity index (χ2v) is 7.39. The molecule has 1 amide bonds. The Bertz CT molecular complexity index is 577. The molecule has 0 bridgehead atoms. The number of nitrogens with one attached hydrogen (secondary N) is 1. The van der Waals surface area contributed by atoms with Gasteiger partial charge in [-0.25, -0.2) is 4.98 Å². The second-order valence-electron chi connectivity index (χ2n) is 6.28. The van der Waals surface area contributed by atoms with Crippen molar-refractivity contribution in [1.29, 1.82) is 0 Å². The molecule has 0 aliphatic carbocycles. The molecule has 1 unspecified atom stereocenters. The maximum absolute atomic E-state index is 12.6. The van der Waals surface area contributed by atoms with E-state index in [0.29, 0.717) is 29.3 Å². The van der Waals surface area contributed by atoms with Crippen LogP contribution in [0.5, 0.6) is 0 Å². The van der Waals surface area contributed by atoms with Gasteiger partial charge in [-0.05, 0) is 19.4 Å². The van der Waals surface area contributed by atoms with Crippen LogP contribution in [0.1, 0.15) is 22.7 Å². The van der Waals surface area contributed by atoms with Gasteiger partial charge in [-0.1, -0.05) is 0 Å². The van der Waals surface area contributed by atoms with E-state index in [4.69, 9.17) is 0 Å². The standard InChI is InChI=1S/C15H21F3N4OS.ClH/c16-15(17,18)14-20-8-12(24-14)10-21-5-1-2-11(9-21)13(23)22-6-3-19-4-7-22;/h8,11,19H,1-7,9-10H2;1H. The van der Waals surface area contributed by atoms with Gasteiger partial charge in [-0.2, -0.15) is 13.2 Å². The molecule has 2 aliphatic rings. The summed E-state index contributed by atoms with van der Waals surface area (Å²) in [5.74, 6) is 0.133. The highest BCUT2D eigenvalue weighted by Gasteiger charge is 2.35. The van der Waals surface area contributed by atoms with Crippen molar-refractivity contribution in [2.45, 2.75) is 25.6 Å². The molecule has 0 spiro atoms. The van der Waals surface area contributed by atoms with Crippen LogP contribution in [0, 0.1) is 5.92 Å². The van der Waals surface area contributed by atoms with Crippen LogP contribution in [0.2, 0.25) is 0 Å². The third-order valence-corrected chi connectivity index (χ3v) is 5.49. The van der Waals surface area contributed by atoms with Crippen LogP contribution < -0.4 is 5.32 Å². The maximum Gasteiger partial charge on any atom is 0.443 e. The Morgan fingerprint density at radius 3 is 2.68 bits per heavy atom. The first-order valence-corrected chi connectivity index (χ1v) is 8.99. The van der Waals surface area contributed by atoms with Gasteiger partial charge in [0.2, 0.25) is 5.91 Å². The summed E-state index contributed by atoms with van der Waals surface area (Å²) < 4.78 is 37.9. The number of hydrogen-bond donors (Lipinski definition) is 1. The second kappa shape index (κ2) is 8.66. The smallest absolute Gasteiger partial charge is 0.340 e.